The molecule has 0 radical (unpaired) electrons. The highest BCUT2D eigenvalue weighted by Crippen LogP contribution is 2.27. The van der Waals surface area contributed by atoms with Crippen molar-refractivity contribution in [3.63, 3.8) is 0 Å². The van der Waals surface area contributed by atoms with Crippen LogP contribution in [0, 0.1) is 5.92 Å². The molecule has 0 bridgehead atoms. The predicted octanol–water partition coefficient (Wildman–Crippen LogP) is 4.96. The second-order valence-electron chi connectivity index (χ2n) is 5.05. The van der Waals surface area contributed by atoms with E-state index in [4.69, 9.17) is 4.74 Å². The lowest BCUT2D eigenvalue weighted by atomic mass is 9.86. The van der Waals surface area contributed by atoms with Crippen LogP contribution < -0.4 is 0 Å². The van der Waals surface area contributed by atoms with Gasteiger partial charge in [0.2, 0.25) is 0 Å². The molecule has 1 heteroatoms. The van der Waals surface area contributed by atoms with Crippen molar-refractivity contribution in [2.24, 2.45) is 5.92 Å². The Hall–Kier alpha value is -0.300. The molecule has 0 N–H and O–H groups in total. The first-order valence-electron chi connectivity index (χ1n) is 6.79. The molecule has 0 amide bonds. The number of rotatable bonds is 10. The van der Waals surface area contributed by atoms with Crippen LogP contribution in [0.15, 0.2) is 12.7 Å². The van der Waals surface area contributed by atoms with Crippen molar-refractivity contribution in [1.82, 2.24) is 0 Å². The fourth-order valence-corrected chi connectivity index (χ4v) is 2.00. The van der Waals surface area contributed by atoms with E-state index in [1.165, 1.54) is 44.9 Å². The summed E-state index contributed by atoms with van der Waals surface area (Å²) in [5, 5.41) is 0. The fraction of sp³-hybridized carbons (Fsp3) is 0.867. The van der Waals surface area contributed by atoms with Crippen LogP contribution in [0.4, 0.5) is 0 Å². The molecular weight excluding hydrogens is 196 g/mol. The number of ether oxygens (including phenoxy) is 1. The number of hydrogen-bond acceptors (Lipinski definition) is 1. The van der Waals surface area contributed by atoms with Crippen LogP contribution in [-0.4, -0.2) is 12.7 Å². The Labute approximate surface area is 102 Å². The normalized spacial score (nSPS) is 16.8. The van der Waals surface area contributed by atoms with Crippen LogP contribution in [0.5, 0.6) is 0 Å². The lowest BCUT2D eigenvalue weighted by Gasteiger charge is -2.31. The van der Waals surface area contributed by atoms with E-state index in [0.717, 1.165) is 0 Å². The smallest absolute Gasteiger partial charge is 0.0853 e. The van der Waals surface area contributed by atoms with Crippen molar-refractivity contribution in [3.8, 4) is 0 Å². The van der Waals surface area contributed by atoms with Gasteiger partial charge in [-0.2, -0.15) is 0 Å². The second-order valence-corrected chi connectivity index (χ2v) is 5.05. The van der Waals surface area contributed by atoms with E-state index in [1.54, 1.807) is 7.11 Å². The zero-order valence-corrected chi connectivity index (χ0v) is 11.7. The molecule has 0 aromatic carbocycles. The molecule has 2 atom stereocenters. The van der Waals surface area contributed by atoms with Crippen LogP contribution in [-0.2, 0) is 4.74 Å². The molecule has 0 rings (SSSR count). The highest BCUT2D eigenvalue weighted by atomic mass is 16.5. The molecule has 0 aliphatic rings. The van der Waals surface area contributed by atoms with E-state index < -0.39 is 0 Å². The van der Waals surface area contributed by atoms with Gasteiger partial charge in [0.25, 0.3) is 0 Å². The lowest BCUT2D eigenvalue weighted by molar-refractivity contribution is 0.000452. The minimum Gasteiger partial charge on any atom is -0.374 e. The van der Waals surface area contributed by atoms with Crippen LogP contribution >= 0.6 is 0 Å². The topological polar surface area (TPSA) is 9.23 Å². The van der Waals surface area contributed by atoms with Crippen LogP contribution in [0.25, 0.3) is 0 Å². The highest BCUT2D eigenvalue weighted by Gasteiger charge is 2.26. The Morgan fingerprint density at radius 3 is 2.25 bits per heavy atom. The molecule has 0 aromatic rings. The maximum atomic E-state index is 5.53. The van der Waals surface area contributed by atoms with Crippen LogP contribution in [0.2, 0.25) is 0 Å². The molecule has 16 heavy (non-hydrogen) atoms. The van der Waals surface area contributed by atoms with Gasteiger partial charge in [-0.05, 0) is 19.3 Å². The zero-order chi connectivity index (χ0) is 12.4. The summed E-state index contributed by atoms with van der Waals surface area (Å²) in [5.74, 6) is 0.557. The van der Waals surface area contributed by atoms with Gasteiger partial charge in [0, 0.05) is 7.11 Å². The Morgan fingerprint density at radius 1 is 1.19 bits per heavy atom. The molecule has 96 valence electrons. The summed E-state index contributed by atoms with van der Waals surface area (Å²) in [4.78, 5) is 0. The van der Waals surface area contributed by atoms with Gasteiger partial charge in [0.1, 0.15) is 0 Å². The largest absolute Gasteiger partial charge is 0.374 e. The quantitative estimate of drug-likeness (QED) is 0.378. The highest BCUT2D eigenvalue weighted by molar-refractivity contribution is 4.97. The van der Waals surface area contributed by atoms with E-state index in [1.807, 2.05) is 6.08 Å². The number of hydrogen-bond donors (Lipinski definition) is 0. The Bertz CT molecular complexity index is 176. The average molecular weight is 226 g/mol. The van der Waals surface area contributed by atoms with Gasteiger partial charge in [0.05, 0.1) is 5.60 Å². The lowest BCUT2D eigenvalue weighted by Crippen LogP contribution is -2.32. The monoisotopic (exact) mass is 226 g/mol. The molecule has 0 saturated carbocycles. The van der Waals surface area contributed by atoms with Crippen molar-refractivity contribution < 1.29 is 4.74 Å². The van der Waals surface area contributed by atoms with Gasteiger partial charge in [0.15, 0.2) is 0 Å². The van der Waals surface area contributed by atoms with E-state index in [-0.39, 0.29) is 5.60 Å². The Balaban J connectivity index is 3.64. The van der Waals surface area contributed by atoms with Crippen molar-refractivity contribution in [2.75, 3.05) is 7.11 Å². The molecule has 1 nitrogen and oxygen atoms in total. The summed E-state index contributed by atoms with van der Waals surface area (Å²) >= 11 is 0. The van der Waals surface area contributed by atoms with Crippen molar-refractivity contribution in [2.45, 2.75) is 71.3 Å². The maximum absolute atomic E-state index is 5.53. The van der Waals surface area contributed by atoms with Gasteiger partial charge < -0.3 is 4.74 Å². The Kier molecular flexibility index (Phi) is 8.64. The van der Waals surface area contributed by atoms with Gasteiger partial charge in [-0.25, -0.2) is 0 Å². The first-order valence-corrected chi connectivity index (χ1v) is 6.79. The predicted molar refractivity (Wildman–Crippen MR) is 72.8 cm³/mol. The summed E-state index contributed by atoms with van der Waals surface area (Å²) in [6.45, 7) is 10.5. The summed E-state index contributed by atoms with van der Waals surface area (Å²) in [5.41, 5.74) is -0.149. The van der Waals surface area contributed by atoms with Crippen LogP contribution in [0.1, 0.15) is 65.7 Å². The third-order valence-electron chi connectivity index (χ3n) is 3.81. The molecule has 0 fully saturated rings. The average Bonchev–Trinajstić information content (AvgIpc) is 2.32. The van der Waals surface area contributed by atoms with Crippen molar-refractivity contribution in [3.05, 3.63) is 12.7 Å². The molecule has 0 aliphatic carbocycles. The Morgan fingerprint density at radius 2 is 1.75 bits per heavy atom. The third-order valence-corrected chi connectivity index (χ3v) is 3.81. The molecule has 0 aromatic heterocycles. The van der Waals surface area contributed by atoms with E-state index >= 15 is 0 Å². The minimum atomic E-state index is -0.149. The van der Waals surface area contributed by atoms with Crippen LogP contribution in [0.3, 0.4) is 0 Å². The van der Waals surface area contributed by atoms with Gasteiger partial charge in [-0.1, -0.05) is 58.4 Å². The third kappa shape index (κ3) is 5.69. The summed E-state index contributed by atoms with van der Waals surface area (Å²) in [6.07, 6.45) is 11.4. The first kappa shape index (κ1) is 15.7. The van der Waals surface area contributed by atoms with Gasteiger partial charge in [-0.3, -0.25) is 0 Å². The summed E-state index contributed by atoms with van der Waals surface area (Å²) in [7, 11) is 1.78. The first-order chi connectivity index (χ1) is 7.60. The van der Waals surface area contributed by atoms with Gasteiger partial charge in [-0.15, -0.1) is 6.58 Å². The summed E-state index contributed by atoms with van der Waals surface area (Å²) < 4.78 is 5.53. The summed E-state index contributed by atoms with van der Waals surface area (Å²) in [6, 6.07) is 0. The molecule has 0 saturated heterocycles. The molecular formula is C15H30O. The van der Waals surface area contributed by atoms with E-state index in [9.17, 15) is 0 Å². The number of methoxy groups -OCH3 is 1. The van der Waals surface area contributed by atoms with Gasteiger partial charge >= 0.3 is 0 Å². The SMILES string of the molecule is C=CC(C)(OC)C(C)CCCCCCCC. The minimum absolute atomic E-state index is 0.149. The number of unbranched alkanes of at least 4 members (excludes halogenated alkanes) is 5. The van der Waals surface area contributed by atoms with E-state index in [0.29, 0.717) is 5.92 Å². The second kappa shape index (κ2) is 8.81. The van der Waals surface area contributed by atoms with E-state index in [2.05, 4.69) is 27.4 Å². The maximum Gasteiger partial charge on any atom is 0.0853 e. The fourth-order valence-electron chi connectivity index (χ4n) is 2.00. The zero-order valence-electron chi connectivity index (χ0n) is 11.7. The molecule has 0 aliphatic heterocycles. The molecule has 0 spiro atoms. The molecule has 0 heterocycles. The van der Waals surface area contributed by atoms with Crippen molar-refractivity contribution in [1.29, 1.82) is 0 Å². The van der Waals surface area contributed by atoms with Crippen molar-refractivity contribution >= 4 is 0 Å². The standard InChI is InChI=1S/C15H30O/c1-6-8-9-10-11-12-13-14(3)15(4,7-2)16-5/h7,14H,2,6,8-13H2,1,3-5H3. The molecule has 2 unspecified atom stereocenters.